The molecule has 1 amide bonds. The highest BCUT2D eigenvalue weighted by Gasteiger charge is 2.39. The number of carbonyl (C=O) groups excluding carboxylic acids is 1. The van der Waals surface area contributed by atoms with E-state index in [1.807, 2.05) is 18.0 Å². The highest BCUT2D eigenvalue weighted by molar-refractivity contribution is 7.17. The minimum absolute atomic E-state index is 0.0612. The molecule has 162 valence electrons. The van der Waals surface area contributed by atoms with Crippen LogP contribution in [0.3, 0.4) is 0 Å². The number of carbonyl (C=O) groups is 1. The van der Waals surface area contributed by atoms with Crippen LogP contribution >= 0.6 is 11.3 Å². The lowest BCUT2D eigenvalue weighted by Gasteiger charge is -2.44. The van der Waals surface area contributed by atoms with Gasteiger partial charge in [0.1, 0.15) is 5.75 Å². The molecule has 3 aromatic rings. The van der Waals surface area contributed by atoms with Crippen molar-refractivity contribution < 1.29 is 9.53 Å². The van der Waals surface area contributed by atoms with Crippen molar-refractivity contribution in [2.45, 2.75) is 44.2 Å². The van der Waals surface area contributed by atoms with Gasteiger partial charge < -0.3 is 9.64 Å². The van der Waals surface area contributed by atoms with E-state index in [0.29, 0.717) is 12.5 Å². The highest BCUT2D eigenvalue weighted by Crippen LogP contribution is 2.41. The van der Waals surface area contributed by atoms with Gasteiger partial charge in [-0.15, -0.1) is 11.3 Å². The quantitative estimate of drug-likeness (QED) is 0.563. The molecule has 1 fully saturated rings. The second-order valence-electron chi connectivity index (χ2n) is 8.75. The van der Waals surface area contributed by atoms with E-state index in [0.717, 1.165) is 37.2 Å². The van der Waals surface area contributed by atoms with Gasteiger partial charge >= 0.3 is 0 Å². The molecule has 4 nitrogen and oxygen atoms in total. The van der Waals surface area contributed by atoms with Crippen molar-refractivity contribution in [3.05, 3.63) is 64.5 Å². The van der Waals surface area contributed by atoms with Crippen LogP contribution < -0.4 is 4.74 Å². The topological polar surface area (TPSA) is 32.8 Å². The minimum Gasteiger partial charge on any atom is -0.496 e. The molecule has 2 heterocycles. The van der Waals surface area contributed by atoms with Gasteiger partial charge in [0, 0.05) is 17.8 Å². The van der Waals surface area contributed by atoms with E-state index in [4.69, 9.17) is 4.74 Å². The summed E-state index contributed by atoms with van der Waals surface area (Å²) in [6.45, 7) is 2.27. The zero-order valence-electron chi connectivity index (χ0n) is 18.3. The zero-order chi connectivity index (χ0) is 21.4. The predicted molar refractivity (Wildman–Crippen MR) is 127 cm³/mol. The van der Waals surface area contributed by atoms with Crippen LogP contribution in [0.5, 0.6) is 5.75 Å². The van der Waals surface area contributed by atoms with Gasteiger partial charge in [0.25, 0.3) is 0 Å². The molecule has 1 aliphatic carbocycles. The SMILES string of the molecule is COc1cccc2c1CC[C@H](N1CCCC1)[C@H]2N(C)C(=O)Cc1cccc2sccc12. The number of methoxy groups -OCH3 is 1. The van der Waals surface area contributed by atoms with Gasteiger partial charge in [-0.25, -0.2) is 0 Å². The van der Waals surface area contributed by atoms with Gasteiger partial charge in [-0.05, 0) is 84.4 Å². The molecule has 0 N–H and O–H groups in total. The lowest BCUT2D eigenvalue weighted by atomic mass is 9.81. The van der Waals surface area contributed by atoms with E-state index in [9.17, 15) is 4.79 Å². The van der Waals surface area contributed by atoms with Gasteiger partial charge in [0.2, 0.25) is 5.91 Å². The van der Waals surface area contributed by atoms with E-state index in [2.05, 4.69) is 46.7 Å². The summed E-state index contributed by atoms with van der Waals surface area (Å²) >= 11 is 1.73. The molecule has 0 unspecified atom stereocenters. The smallest absolute Gasteiger partial charge is 0.227 e. The molecule has 5 heteroatoms. The molecule has 0 saturated carbocycles. The van der Waals surface area contributed by atoms with E-state index >= 15 is 0 Å². The number of likely N-dealkylation sites (N-methyl/N-ethyl adjacent to an activating group) is 1. The number of fused-ring (bicyclic) bond motifs is 2. The second kappa shape index (κ2) is 8.64. The first-order chi connectivity index (χ1) is 15.2. The molecule has 31 heavy (non-hydrogen) atoms. The number of ether oxygens (including phenoxy) is 1. The number of amides is 1. The maximum atomic E-state index is 13.6. The van der Waals surface area contributed by atoms with Gasteiger partial charge in [0.05, 0.1) is 19.6 Å². The van der Waals surface area contributed by atoms with Crippen molar-refractivity contribution in [1.29, 1.82) is 0 Å². The van der Waals surface area contributed by atoms with Crippen molar-refractivity contribution in [2.24, 2.45) is 0 Å². The molecule has 1 saturated heterocycles. The fourth-order valence-electron chi connectivity index (χ4n) is 5.55. The molecular formula is C26H30N2O2S. The first-order valence-corrected chi connectivity index (χ1v) is 12.2. The lowest BCUT2D eigenvalue weighted by Crippen LogP contribution is -2.48. The Labute approximate surface area is 188 Å². The number of nitrogens with zero attached hydrogens (tertiary/aromatic N) is 2. The number of hydrogen-bond acceptors (Lipinski definition) is 4. The number of benzene rings is 2. The van der Waals surface area contributed by atoms with Gasteiger partial charge in [-0.1, -0.05) is 24.3 Å². The van der Waals surface area contributed by atoms with E-state index < -0.39 is 0 Å². The summed E-state index contributed by atoms with van der Waals surface area (Å²) in [5, 5.41) is 3.31. The Morgan fingerprint density at radius 2 is 1.97 bits per heavy atom. The Hall–Kier alpha value is -2.37. The van der Waals surface area contributed by atoms with Crippen molar-refractivity contribution >= 4 is 27.3 Å². The second-order valence-corrected chi connectivity index (χ2v) is 9.70. The van der Waals surface area contributed by atoms with E-state index in [-0.39, 0.29) is 11.9 Å². The van der Waals surface area contributed by atoms with Crippen LogP contribution in [0, 0.1) is 0 Å². The predicted octanol–water partition coefficient (Wildman–Crippen LogP) is 5.06. The fourth-order valence-corrected chi connectivity index (χ4v) is 6.39. The molecule has 0 spiro atoms. The Morgan fingerprint density at radius 3 is 2.77 bits per heavy atom. The molecule has 5 rings (SSSR count). The summed E-state index contributed by atoms with van der Waals surface area (Å²) in [7, 11) is 3.74. The van der Waals surface area contributed by atoms with E-state index in [1.165, 1.54) is 34.1 Å². The average Bonchev–Trinajstić information content (AvgIpc) is 3.50. The van der Waals surface area contributed by atoms with Crippen LogP contribution in [-0.2, 0) is 17.6 Å². The molecule has 0 radical (unpaired) electrons. The summed E-state index contributed by atoms with van der Waals surface area (Å²) < 4.78 is 6.93. The number of likely N-dealkylation sites (tertiary alicyclic amines) is 1. The van der Waals surface area contributed by atoms with Gasteiger partial charge in [0.15, 0.2) is 0 Å². The summed E-state index contributed by atoms with van der Waals surface area (Å²) in [6.07, 6.45) is 5.02. The first kappa shape index (κ1) is 20.5. The minimum atomic E-state index is 0.0612. The number of thiophene rings is 1. The van der Waals surface area contributed by atoms with Crippen molar-refractivity contribution in [3.8, 4) is 5.75 Å². The van der Waals surface area contributed by atoms with Crippen LogP contribution in [0.1, 0.15) is 42.0 Å². The number of hydrogen-bond donors (Lipinski definition) is 0. The van der Waals surface area contributed by atoms with Crippen molar-refractivity contribution in [3.63, 3.8) is 0 Å². The van der Waals surface area contributed by atoms with Crippen LogP contribution in [0.15, 0.2) is 47.8 Å². The van der Waals surface area contributed by atoms with Crippen LogP contribution in [-0.4, -0.2) is 49.0 Å². The summed E-state index contributed by atoms with van der Waals surface area (Å²) in [5.41, 5.74) is 3.65. The Bertz CT molecular complexity index is 1090. The normalized spacial score (nSPS) is 21.2. The Balaban J connectivity index is 1.48. The van der Waals surface area contributed by atoms with Crippen molar-refractivity contribution in [1.82, 2.24) is 9.80 Å². The first-order valence-electron chi connectivity index (χ1n) is 11.3. The third-order valence-electron chi connectivity index (χ3n) is 7.11. The molecular weight excluding hydrogens is 404 g/mol. The summed E-state index contributed by atoms with van der Waals surface area (Å²) in [5.74, 6) is 1.13. The highest BCUT2D eigenvalue weighted by atomic mass is 32.1. The monoisotopic (exact) mass is 434 g/mol. The molecule has 2 aliphatic rings. The third kappa shape index (κ3) is 3.74. The average molecular weight is 435 g/mol. The fraction of sp³-hybridized carbons (Fsp3) is 0.423. The molecule has 0 bridgehead atoms. The summed E-state index contributed by atoms with van der Waals surface area (Å²) in [4.78, 5) is 18.2. The van der Waals surface area contributed by atoms with Gasteiger partial charge in [-0.3, -0.25) is 9.69 Å². The largest absolute Gasteiger partial charge is 0.496 e. The van der Waals surface area contributed by atoms with Crippen LogP contribution in [0.4, 0.5) is 0 Å². The van der Waals surface area contributed by atoms with Gasteiger partial charge in [-0.2, -0.15) is 0 Å². The molecule has 2 atom stereocenters. The lowest BCUT2D eigenvalue weighted by molar-refractivity contribution is -0.133. The van der Waals surface area contributed by atoms with E-state index in [1.54, 1.807) is 18.4 Å². The van der Waals surface area contributed by atoms with Crippen molar-refractivity contribution in [2.75, 3.05) is 27.2 Å². The van der Waals surface area contributed by atoms with Crippen LogP contribution in [0.2, 0.25) is 0 Å². The Kier molecular flexibility index (Phi) is 5.72. The van der Waals surface area contributed by atoms with Crippen LogP contribution in [0.25, 0.3) is 10.1 Å². The maximum absolute atomic E-state index is 13.6. The summed E-state index contributed by atoms with van der Waals surface area (Å²) in [6, 6.07) is 15.2. The molecule has 1 aromatic heterocycles. The molecule has 1 aliphatic heterocycles. The third-order valence-corrected chi connectivity index (χ3v) is 7.99. The standard InChI is InChI=1S/C26H30N2O2S/c1-27(25(29)17-18-7-5-10-24-19(18)13-16-31-24)26-21-8-6-9-23(30-2)20(21)11-12-22(26)28-14-3-4-15-28/h5-10,13,16,22,26H,3-4,11-12,14-15,17H2,1-2H3/t22-,26-/m0/s1. The number of rotatable bonds is 5. The molecule has 2 aromatic carbocycles. The zero-order valence-corrected chi connectivity index (χ0v) is 19.2. The Morgan fingerprint density at radius 1 is 1.16 bits per heavy atom. The maximum Gasteiger partial charge on any atom is 0.227 e.